The minimum atomic E-state index is -1.03. The molecule has 1 aromatic heterocycles. The highest BCUT2D eigenvalue weighted by Crippen LogP contribution is 2.22. The fourth-order valence-electron chi connectivity index (χ4n) is 1.85. The number of aromatic amines is 1. The van der Waals surface area contributed by atoms with Gasteiger partial charge in [0.15, 0.2) is 0 Å². The summed E-state index contributed by atoms with van der Waals surface area (Å²) in [6.45, 7) is 0. The van der Waals surface area contributed by atoms with Crippen LogP contribution >= 0.6 is 0 Å². The van der Waals surface area contributed by atoms with Gasteiger partial charge in [-0.2, -0.15) is 0 Å². The molecule has 2 aromatic rings. The molecule has 0 atom stereocenters. The molecule has 1 aromatic carbocycles. The largest absolute Gasteiger partial charge is 0.478 e. The van der Waals surface area contributed by atoms with Crippen molar-refractivity contribution in [3.63, 3.8) is 0 Å². The van der Waals surface area contributed by atoms with Crippen molar-refractivity contribution < 1.29 is 14.7 Å². The van der Waals surface area contributed by atoms with Gasteiger partial charge in [-0.3, -0.25) is 4.79 Å². The highest BCUT2D eigenvalue weighted by molar-refractivity contribution is 6.05. The Labute approximate surface area is 116 Å². The molecule has 0 aliphatic rings. The number of benzene rings is 1. The van der Waals surface area contributed by atoms with Crippen molar-refractivity contribution in [3.05, 3.63) is 59.9 Å². The summed E-state index contributed by atoms with van der Waals surface area (Å²) >= 11 is 0. The number of aliphatic carboxylic acids is 1. The number of hydrogen-bond donors (Lipinski definition) is 2. The Kier molecular flexibility index (Phi) is 4.00. The normalized spacial score (nSPS) is 10.7. The maximum absolute atomic E-state index is 12.3. The van der Waals surface area contributed by atoms with Gasteiger partial charge in [0.05, 0.1) is 5.69 Å². The summed E-state index contributed by atoms with van der Waals surface area (Å²) < 4.78 is 0. The third kappa shape index (κ3) is 2.95. The standard InChI is InChI=1S/C15H14N2O3/c1-17(15(20)12-6-4-10-16-12)13-7-3-2-5-11(13)8-9-14(18)19/h2-10,16H,1H3,(H,18,19)/b9-8+. The molecular weight excluding hydrogens is 256 g/mol. The Balaban J connectivity index is 2.32. The lowest BCUT2D eigenvalue weighted by Crippen LogP contribution is -2.27. The lowest BCUT2D eigenvalue weighted by molar-refractivity contribution is -0.131. The molecule has 0 fully saturated rings. The van der Waals surface area contributed by atoms with E-state index in [0.29, 0.717) is 16.9 Å². The number of carboxylic acids is 1. The molecule has 0 unspecified atom stereocenters. The van der Waals surface area contributed by atoms with Crippen LogP contribution in [0.3, 0.4) is 0 Å². The molecule has 5 nitrogen and oxygen atoms in total. The van der Waals surface area contributed by atoms with Crippen LogP contribution in [0.25, 0.3) is 6.08 Å². The maximum atomic E-state index is 12.3. The molecule has 0 bridgehead atoms. The van der Waals surface area contributed by atoms with Gasteiger partial charge in [-0.15, -0.1) is 0 Å². The van der Waals surface area contributed by atoms with Crippen molar-refractivity contribution in [2.45, 2.75) is 0 Å². The molecule has 0 spiro atoms. The van der Waals surface area contributed by atoms with Crippen molar-refractivity contribution >= 4 is 23.6 Å². The van der Waals surface area contributed by atoms with Gasteiger partial charge in [0.2, 0.25) is 0 Å². The zero-order valence-corrected chi connectivity index (χ0v) is 10.9. The molecule has 0 radical (unpaired) electrons. The van der Waals surface area contributed by atoms with E-state index in [-0.39, 0.29) is 5.91 Å². The van der Waals surface area contributed by atoms with Gasteiger partial charge in [-0.1, -0.05) is 18.2 Å². The molecule has 0 saturated heterocycles. The summed E-state index contributed by atoms with van der Waals surface area (Å²) in [6, 6.07) is 10.5. The minimum absolute atomic E-state index is 0.189. The van der Waals surface area contributed by atoms with Gasteiger partial charge in [-0.05, 0) is 29.8 Å². The minimum Gasteiger partial charge on any atom is -0.478 e. The number of amides is 1. The molecular formula is C15H14N2O3. The van der Waals surface area contributed by atoms with Gasteiger partial charge in [0.1, 0.15) is 5.69 Å². The van der Waals surface area contributed by atoms with Gasteiger partial charge < -0.3 is 15.0 Å². The zero-order valence-electron chi connectivity index (χ0n) is 10.9. The second-order valence-corrected chi connectivity index (χ2v) is 4.18. The van der Waals surface area contributed by atoms with Gasteiger partial charge in [0.25, 0.3) is 5.91 Å². The molecule has 5 heteroatoms. The number of hydrogen-bond acceptors (Lipinski definition) is 2. The van der Waals surface area contributed by atoms with Crippen LogP contribution in [0.15, 0.2) is 48.7 Å². The number of H-pyrrole nitrogens is 1. The molecule has 20 heavy (non-hydrogen) atoms. The number of nitrogens with zero attached hydrogens (tertiary/aromatic N) is 1. The van der Waals surface area contributed by atoms with Crippen LogP contribution in [0, 0.1) is 0 Å². The topological polar surface area (TPSA) is 73.4 Å². The number of para-hydroxylation sites is 1. The fraction of sp³-hybridized carbons (Fsp3) is 0.0667. The van der Waals surface area contributed by atoms with Crippen LogP contribution in [-0.2, 0) is 4.79 Å². The highest BCUT2D eigenvalue weighted by atomic mass is 16.4. The predicted octanol–water partition coefficient (Wildman–Crippen LogP) is 2.39. The van der Waals surface area contributed by atoms with Crippen molar-refractivity contribution in [1.29, 1.82) is 0 Å². The molecule has 1 amide bonds. The lowest BCUT2D eigenvalue weighted by Gasteiger charge is -2.18. The van der Waals surface area contributed by atoms with Crippen LogP contribution in [0.1, 0.15) is 16.1 Å². The maximum Gasteiger partial charge on any atom is 0.328 e. The van der Waals surface area contributed by atoms with Crippen LogP contribution in [0.5, 0.6) is 0 Å². The van der Waals surface area contributed by atoms with Gasteiger partial charge in [-0.25, -0.2) is 4.79 Å². The first-order chi connectivity index (χ1) is 9.59. The first-order valence-electron chi connectivity index (χ1n) is 6.01. The molecule has 1 heterocycles. The average Bonchev–Trinajstić information content (AvgIpc) is 2.98. The molecule has 102 valence electrons. The van der Waals surface area contributed by atoms with Crippen molar-refractivity contribution in [2.75, 3.05) is 11.9 Å². The second-order valence-electron chi connectivity index (χ2n) is 4.18. The van der Waals surface area contributed by atoms with Crippen LogP contribution in [0.2, 0.25) is 0 Å². The lowest BCUT2D eigenvalue weighted by atomic mass is 10.1. The van der Waals surface area contributed by atoms with Gasteiger partial charge >= 0.3 is 5.97 Å². The van der Waals surface area contributed by atoms with Crippen molar-refractivity contribution in [2.24, 2.45) is 0 Å². The molecule has 0 aliphatic carbocycles. The number of nitrogens with one attached hydrogen (secondary N) is 1. The van der Waals surface area contributed by atoms with E-state index in [0.717, 1.165) is 6.08 Å². The number of rotatable bonds is 4. The van der Waals surface area contributed by atoms with Crippen molar-refractivity contribution in [3.8, 4) is 0 Å². The Morgan fingerprint density at radius 2 is 1.95 bits per heavy atom. The molecule has 2 rings (SSSR count). The van der Waals surface area contributed by atoms with Crippen LogP contribution in [-0.4, -0.2) is 29.0 Å². The van der Waals surface area contributed by atoms with Crippen LogP contribution in [0.4, 0.5) is 5.69 Å². The van der Waals surface area contributed by atoms with E-state index in [4.69, 9.17) is 5.11 Å². The van der Waals surface area contributed by atoms with Crippen molar-refractivity contribution in [1.82, 2.24) is 4.98 Å². The Bertz CT molecular complexity index is 645. The highest BCUT2D eigenvalue weighted by Gasteiger charge is 2.15. The number of carbonyl (C=O) groups is 2. The number of anilines is 1. The second kappa shape index (κ2) is 5.88. The Hall–Kier alpha value is -2.82. The average molecular weight is 270 g/mol. The quantitative estimate of drug-likeness (QED) is 0.838. The van der Waals surface area contributed by atoms with E-state index < -0.39 is 5.97 Å². The monoisotopic (exact) mass is 270 g/mol. The summed E-state index contributed by atoms with van der Waals surface area (Å²) in [5, 5.41) is 8.69. The third-order valence-corrected chi connectivity index (χ3v) is 2.84. The molecule has 2 N–H and O–H groups in total. The zero-order chi connectivity index (χ0) is 14.5. The summed E-state index contributed by atoms with van der Waals surface area (Å²) in [5.41, 5.74) is 1.78. The number of carbonyl (C=O) groups excluding carboxylic acids is 1. The SMILES string of the molecule is CN(C(=O)c1ccc[nH]1)c1ccccc1/C=C/C(=O)O. The number of aromatic nitrogens is 1. The van der Waals surface area contributed by atoms with E-state index >= 15 is 0 Å². The summed E-state index contributed by atoms with van der Waals surface area (Å²) in [4.78, 5) is 27.2. The molecule has 0 aliphatic heterocycles. The van der Waals surface area contributed by atoms with Gasteiger partial charge in [0, 0.05) is 19.3 Å². The van der Waals surface area contributed by atoms with E-state index in [2.05, 4.69) is 4.98 Å². The third-order valence-electron chi connectivity index (χ3n) is 2.84. The summed E-state index contributed by atoms with van der Waals surface area (Å²) in [6.07, 6.45) is 4.19. The fourth-order valence-corrected chi connectivity index (χ4v) is 1.85. The predicted molar refractivity (Wildman–Crippen MR) is 76.6 cm³/mol. The van der Waals surface area contributed by atoms with E-state index in [1.54, 1.807) is 49.6 Å². The smallest absolute Gasteiger partial charge is 0.328 e. The molecule has 0 saturated carbocycles. The Morgan fingerprint density at radius 3 is 2.60 bits per heavy atom. The summed E-state index contributed by atoms with van der Waals surface area (Å²) in [5.74, 6) is -1.22. The first-order valence-corrected chi connectivity index (χ1v) is 6.01. The Morgan fingerprint density at radius 1 is 1.20 bits per heavy atom. The van der Waals surface area contributed by atoms with E-state index in [1.807, 2.05) is 0 Å². The van der Waals surface area contributed by atoms with Crippen LogP contribution < -0.4 is 4.90 Å². The summed E-state index contributed by atoms with van der Waals surface area (Å²) in [7, 11) is 1.65. The van der Waals surface area contributed by atoms with E-state index in [1.165, 1.54) is 11.0 Å². The first kappa shape index (κ1) is 13.6. The van der Waals surface area contributed by atoms with E-state index in [9.17, 15) is 9.59 Å². The number of carboxylic acid groups (broad SMARTS) is 1.